The van der Waals surface area contributed by atoms with Gasteiger partial charge in [-0.05, 0) is 0 Å². The standard InChI is InChI=1S/C18H22OSe/c1-4-9-16(11-8-10-15(2)3)14-18(19)20-17-12-6-5-7-13-17/h4-7,9-10,12-14H,8,11H2,1-3H3/b9-4+,16-14-. The van der Waals surface area contributed by atoms with Crippen LogP contribution in [0, 0.1) is 0 Å². The zero-order chi connectivity index (χ0) is 14.8. The Morgan fingerprint density at radius 2 is 1.90 bits per heavy atom. The van der Waals surface area contributed by atoms with Gasteiger partial charge in [0.25, 0.3) is 0 Å². The van der Waals surface area contributed by atoms with Gasteiger partial charge in [0.15, 0.2) is 0 Å². The van der Waals surface area contributed by atoms with E-state index >= 15 is 0 Å². The maximum atomic E-state index is 12.1. The van der Waals surface area contributed by atoms with Gasteiger partial charge in [-0.1, -0.05) is 0 Å². The third-order valence-corrected chi connectivity index (χ3v) is 4.37. The molecule has 0 fully saturated rings. The normalized spacial score (nSPS) is 11.7. The van der Waals surface area contributed by atoms with E-state index in [2.05, 4.69) is 19.9 Å². The summed E-state index contributed by atoms with van der Waals surface area (Å²) < 4.78 is 1.36. The molecule has 0 unspecified atom stereocenters. The third kappa shape index (κ3) is 7.28. The monoisotopic (exact) mass is 334 g/mol. The van der Waals surface area contributed by atoms with Gasteiger partial charge >= 0.3 is 128 Å². The van der Waals surface area contributed by atoms with Gasteiger partial charge in [-0.25, -0.2) is 0 Å². The number of hydrogen-bond acceptors (Lipinski definition) is 1. The van der Waals surface area contributed by atoms with Crippen LogP contribution < -0.4 is 4.46 Å². The van der Waals surface area contributed by atoms with Gasteiger partial charge in [0.05, 0.1) is 0 Å². The molecule has 0 spiro atoms. The van der Waals surface area contributed by atoms with E-state index in [4.69, 9.17) is 0 Å². The predicted molar refractivity (Wildman–Crippen MR) is 88.4 cm³/mol. The molecule has 0 saturated carbocycles. The molecular weight excluding hydrogens is 311 g/mol. The fourth-order valence-electron chi connectivity index (χ4n) is 1.73. The van der Waals surface area contributed by atoms with Crippen molar-refractivity contribution in [3.05, 3.63) is 65.8 Å². The first-order chi connectivity index (χ1) is 9.61. The SMILES string of the molecule is C/C=C/C(=C/C(=O)[Se]c1ccccc1)CCC=C(C)C. The minimum atomic E-state index is -0.120. The summed E-state index contributed by atoms with van der Waals surface area (Å²) in [4.78, 5) is 12.1. The molecule has 20 heavy (non-hydrogen) atoms. The number of hydrogen-bond donors (Lipinski definition) is 0. The van der Waals surface area contributed by atoms with E-state index in [1.165, 1.54) is 5.57 Å². The average Bonchev–Trinajstić information content (AvgIpc) is 2.39. The molecule has 0 heterocycles. The van der Waals surface area contributed by atoms with Crippen LogP contribution in [-0.4, -0.2) is 19.6 Å². The number of carbonyl (C=O) groups excluding carboxylic acids is 1. The van der Waals surface area contributed by atoms with Crippen molar-refractivity contribution in [2.24, 2.45) is 0 Å². The second kappa shape index (κ2) is 9.52. The van der Waals surface area contributed by atoms with E-state index in [1.807, 2.05) is 55.5 Å². The Morgan fingerprint density at radius 1 is 1.20 bits per heavy atom. The van der Waals surface area contributed by atoms with E-state index < -0.39 is 0 Å². The summed E-state index contributed by atoms with van der Waals surface area (Å²) in [7, 11) is 0. The number of allylic oxidation sites excluding steroid dienone is 6. The van der Waals surface area contributed by atoms with Crippen LogP contribution in [0.25, 0.3) is 0 Å². The van der Waals surface area contributed by atoms with Crippen molar-refractivity contribution in [1.82, 2.24) is 0 Å². The van der Waals surface area contributed by atoms with Crippen LogP contribution in [-0.2, 0) is 4.79 Å². The maximum absolute atomic E-state index is 12.1. The van der Waals surface area contributed by atoms with E-state index in [9.17, 15) is 4.79 Å². The average molecular weight is 333 g/mol. The summed E-state index contributed by atoms with van der Waals surface area (Å²) in [6.45, 7) is 6.19. The second-order valence-corrected chi connectivity index (χ2v) is 7.04. The quantitative estimate of drug-likeness (QED) is 0.321. The molecule has 1 aromatic carbocycles. The number of rotatable bonds is 7. The molecule has 106 valence electrons. The predicted octanol–water partition coefficient (Wildman–Crippen LogP) is 3.79. The Kier molecular flexibility index (Phi) is 7.94. The molecule has 0 aliphatic rings. The Balaban J connectivity index is 2.65. The summed E-state index contributed by atoms with van der Waals surface area (Å²) >= 11 is -0.120. The van der Waals surface area contributed by atoms with E-state index in [1.54, 1.807) is 0 Å². The zero-order valence-electron chi connectivity index (χ0n) is 12.4. The Hall–Kier alpha value is -1.37. The van der Waals surface area contributed by atoms with Crippen LogP contribution >= 0.6 is 0 Å². The van der Waals surface area contributed by atoms with Gasteiger partial charge in [-0.2, -0.15) is 0 Å². The first kappa shape index (κ1) is 16.7. The summed E-state index contributed by atoms with van der Waals surface area (Å²) in [5.41, 5.74) is 2.44. The number of carbonyl (C=O) groups is 1. The van der Waals surface area contributed by atoms with Crippen LogP contribution in [0.15, 0.2) is 65.8 Å². The van der Waals surface area contributed by atoms with E-state index in [-0.39, 0.29) is 19.6 Å². The van der Waals surface area contributed by atoms with Crippen molar-refractivity contribution in [1.29, 1.82) is 0 Å². The van der Waals surface area contributed by atoms with E-state index in [0.717, 1.165) is 22.9 Å². The van der Waals surface area contributed by atoms with Crippen LogP contribution in [0.5, 0.6) is 0 Å². The van der Waals surface area contributed by atoms with Crippen molar-refractivity contribution in [3.8, 4) is 0 Å². The van der Waals surface area contributed by atoms with Gasteiger partial charge in [-0.3, -0.25) is 0 Å². The fraction of sp³-hybridized carbons (Fsp3) is 0.278. The summed E-state index contributed by atoms with van der Waals surface area (Å²) in [6.07, 6.45) is 9.97. The Morgan fingerprint density at radius 3 is 2.50 bits per heavy atom. The Bertz CT molecular complexity index is 505. The summed E-state index contributed by atoms with van der Waals surface area (Å²) in [5, 5.41) is 0. The van der Waals surface area contributed by atoms with Crippen molar-refractivity contribution < 1.29 is 4.79 Å². The molecule has 0 N–H and O–H groups in total. The minimum absolute atomic E-state index is 0.120. The molecule has 0 aliphatic heterocycles. The molecule has 0 bridgehead atoms. The van der Waals surface area contributed by atoms with Gasteiger partial charge < -0.3 is 0 Å². The second-order valence-electron chi connectivity index (χ2n) is 4.77. The molecule has 0 aromatic heterocycles. The molecule has 0 aliphatic carbocycles. The zero-order valence-corrected chi connectivity index (χ0v) is 14.1. The molecule has 1 aromatic rings. The molecule has 0 radical (unpaired) electrons. The molecule has 0 saturated heterocycles. The third-order valence-electron chi connectivity index (χ3n) is 2.63. The molecule has 2 heteroatoms. The molecule has 1 nitrogen and oxygen atoms in total. The number of benzene rings is 1. The fourth-order valence-corrected chi connectivity index (χ4v) is 3.27. The molecule has 0 atom stereocenters. The van der Waals surface area contributed by atoms with Crippen molar-refractivity contribution in [2.75, 3.05) is 0 Å². The Labute approximate surface area is 128 Å². The van der Waals surface area contributed by atoms with E-state index in [0.29, 0.717) is 0 Å². The van der Waals surface area contributed by atoms with Crippen molar-refractivity contribution >= 4 is 24.1 Å². The molecule has 1 rings (SSSR count). The summed E-state index contributed by atoms with van der Waals surface area (Å²) in [5.74, 6) is 0. The molecule has 0 amide bonds. The van der Waals surface area contributed by atoms with Crippen LogP contribution in [0.4, 0.5) is 0 Å². The van der Waals surface area contributed by atoms with Crippen molar-refractivity contribution in [3.63, 3.8) is 0 Å². The summed E-state index contributed by atoms with van der Waals surface area (Å²) in [6, 6.07) is 9.98. The van der Waals surface area contributed by atoms with Gasteiger partial charge in [-0.15, -0.1) is 0 Å². The van der Waals surface area contributed by atoms with Crippen molar-refractivity contribution in [2.45, 2.75) is 33.6 Å². The van der Waals surface area contributed by atoms with Gasteiger partial charge in [0, 0.05) is 0 Å². The van der Waals surface area contributed by atoms with Gasteiger partial charge in [0.2, 0.25) is 0 Å². The van der Waals surface area contributed by atoms with Crippen LogP contribution in [0.1, 0.15) is 33.6 Å². The van der Waals surface area contributed by atoms with Gasteiger partial charge in [0.1, 0.15) is 0 Å². The first-order valence-corrected chi connectivity index (χ1v) is 8.56. The van der Waals surface area contributed by atoms with Crippen LogP contribution in [0.3, 0.4) is 0 Å². The molecular formula is C18H22OSe. The topological polar surface area (TPSA) is 17.1 Å². The van der Waals surface area contributed by atoms with Crippen LogP contribution in [0.2, 0.25) is 0 Å². The first-order valence-electron chi connectivity index (χ1n) is 6.85.